The van der Waals surface area contributed by atoms with Crippen LogP contribution in [0.25, 0.3) is 10.6 Å². The number of nitrogens with zero attached hydrogens (tertiary/aromatic N) is 1. The molecule has 3 aromatic rings. The largest absolute Gasteiger partial charge is 0.490 e. The molecule has 0 atom stereocenters. The Kier molecular flexibility index (Phi) is 6.31. The zero-order valence-electron chi connectivity index (χ0n) is 16.2. The van der Waals surface area contributed by atoms with E-state index in [4.69, 9.17) is 9.47 Å². The minimum absolute atomic E-state index is 0.283. The van der Waals surface area contributed by atoms with E-state index in [1.54, 1.807) is 0 Å². The second-order valence-electron chi connectivity index (χ2n) is 6.39. The van der Waals surface area contributed by atoms with Gasteiger partial charge in [-0.1, -0.05) is 25.1 Å². The summed E-state index contributed by atoms with van der Waals surface area (Å²) in [5.41, 5.74) is 3.81. The van der Waals surface area contributed by atoms with Crippen LogP contribution in [-0.2, 0) is 6.42 Å². The normalized spacial score (nSPS) is 10.7. The molecule has 3 rings (SSSR count). The third-order valence-corrected chi connectivity index (χ3v) is 5.55. The fourth-order valence-corrected chi connectivity index (χ4v) is 3.78. The molecular weight excluding hydrogens is 374 g/mol. The predicted molar refractivity (Wildman–Crippen MR) is 111 cm³/mol. The summed E-state index contributed by atoms with van der Waals surface area (Å²) < 4.78 is 11.7. The molecule has 2 aromatic carbocycles. The van der Waals surface area contributed by atoms with E-state index < -0.39 is 5.97 Å². The first-order valence-electron chi connectivity index (χ1n) is 9.14. The van der Waals surface area contributed by atoms with Crippen molar-refractivity contribution < 1.29 is 19.4 Å². The van der Waals surface area contributed by atoms with E-state index in [-0.39, 0.29) is 4.88 Å². The van der Waals surface area contributed by atoms with Crippen molar-refractivity contribution in [2.75, 3.05) is 13.2 Å². The zero-order valence-corrected chi connectivity index (χ0v) is 17.0. The first-order chi connectivity index (χ1) is 13.5. The number of benzene rings is 2. The molecule has 6 heteroatoms. The Morgan fingerprint density at radius 2 is 1.82 bits per heavy atom. The van der Waals surface area contributed by atoms with Crippen LogP contribution in [0.1, 0.15) is 33.4 Å². The summed E-state index contributed by atoms with van der Waals surface area (Å²) in [6.45, 7) is 6.81. The Labute approximate surface area is 168 Å². The van der Waals surface area contributed by atoms with Crippen molar-refractivity contribution in [3.8, 4) is 22.1 Å². The molecule has 146 valence electrons. The molecule has 0 bridgehead atoms. The third-order valence-electron chi connectivity index (χ3n) is 4.43. The summed E-state index contributed by atoms with van der Waals surface area (Å²) in [5, 5.41) is 10.0. The number of aromatic nitrogens is 1. The van der Waals surface area contributed by atoms with Gasteiger partial charge in [-0.25, -0.2) is 9.78 Å². The summed E-state index contributed by atoms with van der Waals surface area (Å²) >= 11 is 1.18. The van der Waals surface area contributed by atoms with Crippen molar-refractivity contribution in [2.24, 2.45) is 0 Å². The van der Waals surface area contributed by atoms with Gasteiger partial charge in [0.05, 0.1) is 11.3 Å². The average Bonchev–Trinajstić information content (AvgIpc) is 3.13. The Hall–Kier alpha value is -2.86. The molecule has 0 saturated carbocycles. The number of hydrogen-bond acceptors (Lipinski definition) is 5. The molecule has 0 amide bonds. The number of rotatable bonds is 8. The Morgan fingerprint density at radius 1 is 1.07 bits per heavy atom. The van der Waals surface area contributed by atoms with Crippen LogP contribution in [0.4, 0.5) is 0 Å². The van der Waals surface area contributed by atoms with Crippen molar-refractivity contribution in [2.45, 2.75) is 27.2 Å². The Bertz CT molecular complexity index is 980. The highest BCUT2D eigenvalue weighted by molar-refractivity contribution is 7.17. The average molecular weight is 397 g/mol. The maximum absolute atomic E-state index is 11.4. The number of ether oxygens (including phenoxy) is 2. The molecule has 1 heterocycles. The molecule has 28 heavy (non-hydrogen) atoms. The number of aromatic carboxylic acids is 1. The van der Waals surface area contributed by atoms with Crippen molar-refractivity contribution in [1.29, 1.82) is 0 Å². The van der Waals surface area contributed by atoms with E-state index in [0.717, 1.165) is 11.3 Å². The third kappa shape index (κ3) is 4.51. The van der Waals surface area contributed by atoms with Crippen LogP contribution in [0.3, 0.4) is 0 Å². The van der Waals surface area contributed by atoms with Crippen LogP contribution in [0.15, 0.2) is 42.5 Å². The summed E-state index contributed by atoms with van der Waals surface area (Å²) in [7, 11) is 0. The minimum atomic E-state index is -0.944. The number of para-hydroxylation sites is 1. The van der Waals surface area contributed by atoms with Crippen LogP contribution in [0, 0.1) is 13.8 Å². The fraction of sp³-hybridized carbons (Fsp3) is 0.273. The minimum Gasteiger partial charge on any atom is -0.490 e. The van der Waals surface area contributed by atoms with Gasteiger partial charge in [0.2, 0.25) is 0 Å². The number of carboxylic acid groups (broad SMARTS) is 1. The number of thiazole rings is 1. The maximum atomic E-state index is 11.4. The lowest BCUT2D eigenvalue weighted by molar-refractivity contribution is 0.0701. The van der Waals surface area contributed by atoms with Gasteiger partial charge in [0, 0.05) is 0 Å². The van der Waals surface area contributed by atoms with Crippen molar-refractivity contribution in [3.05, 3.63) is 64.2 Å². The second-order valence-corrected chi connectivity index (χ2v) is 7.39. The Morgan fingerprint density at radius 3 is 2.50 bits per heavy atom. The van der Waals surface area contributed by atoms with Crippen molar-refractivity contribution in [1.82, 2.24) is 4.98 Å². The molecule has 0 aliphatic rings. The molecule has 0 spiro atoms. The highest BCUT2D eigenvalue weighted by Crippen LogP contribution is 2.34. The smallest absolute Gasteiger partial charge is 0.347 e. The van der Waals surface area contributed by atoms with E-state index in [2.05, 4.69) is 18.8 Å². The van der Waals surface area contributed by atoms with Gasteiger partial charge in [-0.3, -0.25) is 0 Å². The van der Waals surface area contributed by atoms with Crippen LogP contribution in [0.5, 0.6) is 11.5 Å². The van der Waals surface area contributed by atoms with Crippen LogP contribution < -0.4 is 9.47 Å². The SMILES string of the molecule is CCc1nc(-c2ccccc2OCCOc2ccc(C)c(C)c2)sc1C(=O)O. The lowest BCUT2D eigenvalue weighted by Gasteiger charge is -2.11. The lowest BCUT2D eigenvalue weighted by Crippen LogP contribution is -2.09. The van der Waals surface area contributed by atoms with Crippen LogP contribution in [-0.4, -0.2) is 29.3 Å². The van der Waals surface area contributed by atoms with Crippen molar-refractivity contribution >= 4 is 17.3 Å². The second kappa shape index (κ2) is 8.89. The van der Waals surface area contributed by atoms with Gasteiger partial charge in [-0.15, -0.1) is 11.3 Å². The molecular formula is C22H23NO4S. The van der Waals surface area contributed by atoms with E-state index in [1.807, 2.05) is 49.4 Å². The van der Waals surface area contributed by atoms with Gasteiger partial charge in [0.15, 0.2) is 0 Å². The molecule has 0 radical (unpaired) electrons. The number of carboxylic acids is 1. The van der Waals surface area contributed by atoms with E-state index in [0.29, 0.717) is 36.1 Å². The fourth-order valence-electron chi connectivity index (χ4n) is 2.76. The van der Waals surface area contributed by atoms with Gasteiger partial charge in [-0.2, -0.15) is 0 Å². The highest BCUT2D eigenvalue weighted by atomic mass is 32.1. The van der Waals surface area contributed by atoms with Gasteiger partial charge < -0.3 is 14.6 Å². The van der Waals surface area contributed by atoms with E-state index in [9.17, 15) is 9.90 Å². The first kappa shape index (κ1) is 19.9. The van der Waals surface area contributed by atoms with E-state index >= 15 is 0 Å². The topological polar surface area (TPSA) is 68.7 Å². The molecule has 1 N–H and O–H groups in total. The molecule has 0 fully saturated rings. The van der Waals surface area contributed by atoms with Gasteiger partial charge >= 0.3 is 5.97 Å². The van der Waals surface area contributed by atoms with Crippen LogP contribution in [0.2, 0.25) is 0 Å². The van der Waals surface area contributed by atoms with Gasteiger partial charge in [0.1, 0.15) is 34.6 Å². The molecule has 0 saturated heterocycles. The zero-order chi connectivity index (χ0) is 20.1. The lowest BCUT2D eigenvalue weighted by atomic mass is 10.1. The summed E-state index contributed by atoms with van der Waals surface area (Å²) in [5.74, 6) is 0.541. The number of hydrogen-bond donors (Lipinski definition) is 1. The Balaban J connectivity index is 1.69. The van der Waals surface area contributed by atoms with Crippen LogP contribution >= 0.6 is 11.3 Å². The predicted octanol–water partition coefficient (Wildman–Crippen LogP) is 5.15. The quantitative estimate of drug-likeness (QED) is 0.533. The summed E-state index contributed by atoms with van der Waals surface area (Å²) in [6.07, 6.45) is 0.574. The summed E-state index contributed by atoms with van der Waals surface area (Å²) in [6, 6.07) is 13.5. The summed E-state index contributed by atoms with van der Waals surface area (Å²) in [4.78, 5) is 16.2. The molecule has 0 aliphatic heterocycles. The van der Waals surface area contributed by atoms with Crippen molar-refractivity contribution in [3.63, 3.8) is 0 Å². The highest BCUT2D eigenvalue weighted by Gasteiger charge is 2.18. The monoisotopic (exact) mass is 397 g/mol. The number of aryl methyl sites for hydroxylation is 3. The van der Waals surface area contributed by atoms with E-state index in [1.165, 1.54) is 22.5 Å². The molecule has 1 aromatic heterocycles. The van der Waals surface area contributed by atoms with Gasteiger partial charge in [0.25, 0.3) is 0 Å². The maximum Gasteiger partial charge on any atom is 0.347 e. The molecule has 0 aliphatic carbocycles. The standard InChI is InChI=1S/C22H23NO4S/c1-4-18-20(22(24)25)28-21(23-18)17-7-5-6-8-19(17)27-12-11-26-16-10-9-14(2)15(3)13-16/h5-10,13H,4,11-12H2,1-3H3,(H,24,25). The number of carbonyl (C=O) groups is 1. The van der Waals surface area contributed by atoms with Gasteiger partial charge in [-0.05, 0) is 55.7 Å². The molecule has 0 unspecified atom stereocenters. The first-order valence-corrected chi connectivity index (χ1v) is 9.96. The molecule has 5 nitrogen and oxygen atoms in total.